The Morgan fingerprint density at radius 3 is 2.65 bits per heavy atom. The maximum absolute atomic E-state index is 11.2. The number of carbonyl (C=O) groups excluding carboxylic acids is 1. The monoisotopic (exact) mass is 236 g/mol. The Labute approximate surface area is 102 Å². The second-order valence-electron chi connectivity index (χ2n) is 4.38. The lowest BCUT2D eigenvalue weighted by atomic mass is 10.0. The summed E-state index contributed by atoms with van der Waals surface area (Å²) in [6, 6.07) is 7.75. The summed E-state index contributed by atoms with van der Waals surface area (Å²) in [4.78, 5) is 11.2. The maximum Gasteiger partial charge on any atom is 0.237 e. The molecule has 0 saturated heterocycles. The van der Waals surface area contributed by atoms with E-state index in [9.17, 15) is 4.79 Å². The van der Waals surface area contributed by atoms with Crippen molar-refractivity contribution in [1.82, 2.24) is 5.32 Å². The van der Waals surface area contributed by atoms with Gasteiger partial charge in [0.05, 0.1) is 12.1 Å². The van der Waals surface area contributed by atoms with Gasteiger partial charge in [0.1, 0.15) is 5.75 Å². The lowest BCUT2D eigenvalue weighted by molar-refractivity contribution is -0.123. The molecule has 0 atom stereocenters. The summed E-state index contributed by atoms with van der Waals surface area (Å²) < 4.78 is 5.51. The molecule has 1 aromatic carbocycles. The molecule has 0 heterocycles. The summed E-state index contributed by atoms with van der Waals surface area (Å²) in [5.41, 5.74) is 5.59. The third-order valence-corrected chi connectivity index (χ3v) is 2.61. The highest BCUT2D eigenvalue weighted by Gasteiger charge is 2.23. The number of carbonyl (C=O) groups is 1. The molecule has 4 heteroatoms. The van der Waals surface area contributed by atoms with Crippen LogP contribution < -0.4 is 15.8 Å². The van der Waals surface area contributed by atoms with Crippen molar-refractivity contribution in [3.63, 3.8) is 0 Å². The number of rotatable bonds is 6. The first-order chi connectivity index (χ1) is 7.97. The molecule has 17 heavy (non-hydrogen) atoms. The van der Waals surface area contributed by atoms with Crippen LogP contribution in [0.2, 0.25) is 0 Å². The summed E-state index contributed by atoms with van der Waals surface area (Å²) in [6.07, 6.45) is 0. The van der Waals surface area contributed by atoms with Gasteiger partial charge in [-0.15, -0.1) is 0 Å². The zero-order valence-electron chi connectivity index (χ0n) is 10.6. The van der Waals surface area contributed by atoms with Crippen LogP contribution >= 0.6 is 0 Å². The number of para-hydroxylation sites is 1. The van der Waals surface area contributed by atoms with Crippen molar-refractivity contribution in [2.75, 3.05) is 6.61 Å². The van der Waals surface area contributed by atoms with Gasteiger partial charge >= 0.3 is 0 Å². The molecule has 3 N–H and O–H groups in total. The number of primary amides is 1. The molecule has 0 bridgehead atoms. The maximum atomic E-state index is 11.2. The standard InChI is InChI=1S/C13H20N2O2/c1-4-17-11-8-6-5-7-10(11)9-15-13(2,3)12(14)16/h5-8,15H,4,9H2,1-3H3,(H2,14,16). The molecule has 0 aliphatic rings. The second kappa shape index (κ2) is 5.68. The van der Waals surface area contributed by atoms with Gasteiger partial charge in [-0.3, -0.25) is 10.1 Å². The third-order valence-electron chi connectivity index (χ3n) is 2.61. The van der Waals surface area contributed by atoms with E-state index in [1.165, 1.54) is 0 Å². The van der Waals surface area contributed by atoms with Crippen molar-refractivity contribution >= 4 is 5.91 Å². The number of hydrogen-bond acceptors (Lipinski definition) is 3. The van der Waals surface area contributed by atoms with Gasteiger partial charge in [-0.05, 0) is 26.8 Å². The first-order valence-electron chi connectivity index (χ1n) is 5.73. The van der Waals surface area contributed by atoms with E-state index in [2.05, 4.69) is 5.32 Å². The molecular weight excluding hydrogens is 216 g/mol. The topological polar surface area (TPSA) is 64.3 Å². The number of nitrogens with two attached hydrogens (primary N) is 1. The lowest BCUT2D eigenvalue weighted by Crippen LogP contribution is -2.50. The summed E-state index contributed by atoms with van der Waals surface area (Å²) in [7, 11) is 0. The van der Waals surface area contributed by atoms with E-state index in [-0.39, 0.29) is 5.91 Å². The Morgan fingerprint density at radius 1 is 1.41 bits per heavy atom. The van der Waals surface area contributed by atoms with E-state index in [1.54, 1.807) is 13.8 Å². The van der Waals surface area contributed by atoms with Gasteiger partial charge in [0.15, 0.2) is 0 Å². The first-order valence-corrected chi connectivity index (χ1v) is 5.73. The number of nitrogens with one attached hydrogen (secondary N) is 1. The van der Waals surface area contributed by atoms with Crippen molar-refractivity contribution in [1.29, 1.82) is 0 Å². The lowest BCUT2D eigenvalue weighted by Gasteiger charge is -2.23. The third kappa shape index (κ3) is 3.75. The van der Waals surface area contributed by atoms with Gasteiger partial charge in [-0.25, -0.2) is 0 Å². The molecule has 0 unspecified atom stereocenters. The van der Waals surface area contributed by atoms with Crippen molar-refractivity contribution in [3.8, 4) is 5.75 Å². The quantitative estimate of drug-likeness (QED) is 0.785. The Morgan fingerprint density at radius 2 is 2.06 bits per heavy atom. The van der Waals surface area contributed by atoms with Crippen molar-refractivity contribution < 1.29 is 9.53 Å². The first kappa shape index (κ1) is 13.5. The smallest absolute Gasteiger partial charge is 0.237 e. The van der Waals surface area contributed by atoms with Gasteiger partial charge in [0.25, 0.3) is 0 Å². The predicted octanol–water partition coefficient (Wildman–Crippen LogP) is 1.44. The fraction of sp³-hybridized carbons (Fsp3) is 0.462. The van der Waals surface area contributed by atoms with Crippen molar-refractivity contribution in [3.05, 3.63) is 29.8 Å². The highest BCUT2D eigenvalue weighted by atomic mass is 16.5. The van der Waals surface area contributed by atoms with Gasteiger partial charge in [-0.2, -0.15) is 0 Å². The molecule has 0 aliphatic carbocycles. The van der Waals surface area contributed by atoms with E-state index in [0.717, 1.165) is 11.3 Å². The summed E-state index contributed by atoms with van der Waals surface area (Å²) >= 11 is 0. The molecule has 0 radical (unpaired) electrons. The molecule has 1 rings (SSSR count). The molecule has 0 spiro atoms. The van der Waals surface area contributed by atoms with Crippen molar-refractivity contribution in [2.24, 2.45) is 5.73 Å². The molecule has 1 amide bonds. The highest BCUT2D eigenvalue weighted by Crippen LogP contribution is 2.18. The number of hydrogen-bond donors (Lipinski definition) is 2. The Kier molecular flexibility index (Phi) is 4.52. The van der Waals surface area contributed by atoms with Crippen LogP contribution in [0, 0.1) is 0 Å². The van der Waals surface area contributed by atoms with E-state index in [4.69, 9.17) is 10.5 Å². The van der Waals surface area contributed by atoms with Crippen LogP contribution in [0.25, 0.3) is 0 Å². The second-order valence-corrected chi connectivity index (χ2v) is 4.38. The Hall–Kier alpha value is -1.55. The highest BCUT2D eigenvalue weighted by molar-refractivity contribution is 5.83. The summed E-state index contributed by atoms with van der Waals surface area (Å²) in [5, 5.41) is 3.12. The minimum Gasteiger partial charge on any atom is -0.494 e. The summed E-state index contributed by atoms with van der Waals surface area (Å²) in [5.74, 6) is 0.467. The number of benzene rings is 1. The van der Waals surface area contributed by atoms with Crippen LogP contribution in [-0.2, 0) is 11.3 Å². The molecule has 0 saturated carbocycles. The zero-order chi connectivity index (χ0) is 12.9. The Bertz CT molecular complexity index is 389. The number of amides is 1. The van der Waals surface area contributed by atoms with E-state index in [0.29, 0.717) is 13.2 Å². The van der Waals surface area contributed by atoms with Crippen LogP contribution in [-0.4, -0.2) is 18.1 Å². The summed E-state index contributed by atoms with van der Waals surface area (Å²) in [6.45, 7) is 6.64. The minimum atomic E-state index is -0.723. The Balaban J connectivity index is 2.72. The van der Waals surface area contributed by atoms with E-state index >= 15 is 0 Å². The largest absolute Gasteiger partial charge is 0.494 e. The normalized spacial score (nSPS) is 11.2. The SMILES string of the molecule is CCOc1ccccc1CNC(C)(C)C(N)=O. The van der Waals surface area contributed by atoms with Gasteiger partial charge in [-0.1, -0.05) is 18.2 Å². The molecule has 1 aromatic rings. The molecule has 4 nitrogen and oxygen atoms in total. The molecule has 0 aliphatic heterocycles. The molecule has 0 fully saturated rings. The van der Waals surface area contributed by atoms with Gasteiger partial charge in [0.2, 0.25) is 5.91 Å². The van der Waals surface area contributed by atoms with Crippen LogP contribution in [0.5, 0.6) is 5.75 Å². The van der Waals surface area contributed by atoms with Gasteiger partial charge in [0, 0.05) is 12.1 Å². The molecular formula is C13H20N2O2. The van der Waals surface area contributed by atoms with Gasteiger partial charge < -0.3 is 10.5 Å². The fourth-order valence-corrected chi connectivity index (χ4v) is 1.35. The van der Waals surface area contributed by atoms with Crippen molar-refractivity contribution in [2.45, 2.75) is 32.9 Å². The molecule has 0 aromatic heterocycles. The zero-order valence-corrected chi connectivity index (χ0v) is 10.6. The van der Waals surface area contributed by atoms with Crippen LogP contribution in [0.1, 0.15) is 26.3 Å². The van der Waals surface area contributed by atoms with Crippen LogP contribution in [0.15, 0.2) is 24.3 Å². The molecule has 94 valence electrons. The average Bonchev–Trinajstić information content (AvgIpc) is 2.28. The van der Waals surface area contributed by atoms with E-state index in [1.807, 2.05) is 31.2 Å². The average molecular weight is 236 g/mol. The minimum absolute atomic E-state index is 0.369. The predicted molar refractivity (Wildman–Crippen MR) is 67.7 cm³/mol. The van der Waals surface area contributed by atoms with Crippen LogP contribution in [0.4, 0.5) is 0 Å². The van der Waals surface area contributed by atoms with Crippen LogP contribution in [0.3, 0.4) is 0 Å². The number of ether oxygens (including phenoxy) is 1. The fourth-order valence-electron chi connectivity index (χ4n) is 1.35. The van der Waals surface area contributed by atoms with E-state index < -0.39 is 5.54 Å².